The molecule has 1 unspecified atom stereocenters. The summed E-state index contributed by atoms with van der Waals surface area (Å²) in [6.07, 6.45) is 3.89. The van der Waals surface area contributed by atoms with E-state index in [4.69, 9.17) is 4.74 Å². The number of hydrogen-bond acceptors (Lipinski definition) is 5. The molecule has 0 bridgehead atoms. The number of anilines is 1. The average molecular weight is 325 g/mol. The van der Waals surface area contributed by atoms with Crippen LogP contribution in [0.2, 0.25) is 0 Å². The van der Waals surface area contributed by atoms with Gasteiger partial charge in [-0.2, -0.15) is 0 Å². The third-order valence-electron chi connectivity index (χ3n) is 5.21. The number of fused-ring (bicyclic) bond motifs is 1. The van der Waals surface area contributed by atoms with Gasteiger partial charge in [0.1, 0.15) is 23.0 Å². The van der Waals surface area contributed by atoms with Crippen LogP contribution in [0.4, 0.5) is 5.82 Å². The Morgan fingerprint density at radius 1 is 1.21 bits per heavy atom. The zero-order chi connectivity index (χ0) is 16.7. The fourth-order valence-corrected chi connectivity index (χ4v) is 3.86. The number of ether oxygens (including phenoxy) is 1. The first-order valence-corrected chi connectivity index (χ1v) is 8.58. The van der Waals surface area contributed by atoms with E-state index in [0.29, 0.717) is 6.42 Å². The Kier molecular flexibility index (Phi) is 3.68. The molecule has 1 aromatic carbocycles. The van der Waals surface area contributed by atoms with Gasteiger partial charge >= 0.3 is 0 Å². The van der Waals surface area contributed by atoms with Gasteiger partial charge in [-0.1, -0.05) is 18.2 Å². The molecule has 0 aliphatic carbocycles. The van der Waals surface area contributed by atoms with Crippen molar-refractivity contribution in [2.75, 3.05) is 18.0 Å². The number of aromatic nitrogens is 2. The van der Waals surface area contributed by atoms with Gasteiger partial charge in [-0.3, -0.25) is 0 Å². The van der Waals surface area contributed by atoms with Crippen molar-refractivity contribution in [1.29, 1.82) is 0 Å². The van der Waals surface area contributed by atoms with Crippen LogP contribution in [0.15, 0.2) is 30.5 Å². The van der Waals surface area contributed by atoms with Gasteiger partial charge in [-0.05, 0) is 19.9 Å². The van der Waals surface area contributed by atoms with Gasteiger partial charge in [0, 0.05) is 49.7 Å². The molecule has 0 amide bonds. The normalized spacial score (nSPS) is 22.1. The summed E-state index contributed by atoms with van der Waals surface area (Å²) in [4.78, 5) is 11.2. The first-order chi connectivity index (χ1) is 11.6. The number of benzene rings is 1. The molecule has 1 aromatic heterocycles. The summed E-state index contributed by atoms with van der Waals surface area (Å²) in [5, 5.41) is 10.5. The summed E-state index contributed by atoms with van der Waals surface area (Å²) < 4.78 is 6.35. The molecule has 0 saturated carbocycles. The smallest absolute Gasteiger partial charge is 0.135 e. The molecule has 3 heterocycles. The van der Waals surface area contributed by atoms with Crippen LogP contribution >= 0.6 is 0 Å². The van der Waals surface area contributed by atoms with Crippen LogP contribution in [0.25, 0.3) is 0 Å². The number of aliphatic hydroxyl groups is 1. The molecule has 2 aliphatic rings. The molecule has 2 aliphatic heterocycles. The molecule has 1 atom stereocenters. The second-order valence-electron chi connectivity index (χ2n) is 6.95. The van der Waals surface area contributed by atoms with Crippen LogP contribution in [-0.2, 0) is 0 Å². The van der Waals surface area contributed by atoms with E-state index in [0.717, 1.165) is 54.4 Å². The Labute approximate surface area is 142 Å². The van der Waals surface area contributed by atoms with Gasteiger partial charge in [0.25, 0.3) is 0 Å². The zero-order valence-corrected chi connectivity index (χ0v) is 14.2. The summed E-state index contributed by atoms with van der Waals surface area (Å²) in [6, 6.07) is 7.83. The third-order valence-corrected chi connectivity index (χ3v) is 5.21. The maximum atomic E-state index is 10.5. The number of nitrogens with zero attached hydrogens (tertiary/aromatic N) is 3. The van der Waals surface area contributed by atoms with Crippen molar-refractivity contribution < 1.29 is 9.84 Å². The summed E-state index contributed by atoms with van der Waals surface area (Å²) in [6.45, 7) is 5.74. The minimum Gasteiger partial charge on any atom is -0.487 e. The molecule has 5 heteroatoms. The summed E-state index contributed by atoms with van der Waals surface area (Å²) in [5.74, 6) is 2.65. The first-order valence-electron chi connectivity index (χ1n) is 8.58. The minimum absolute atomic E-state index is 0.264. The SMILES string of the molecule is Cc1ncc(C)c(N2CCC3(CC2)CC(O)c2ccccc2O3)n1. The molecule has 1 N–H and O–H groups in total. The molecular formula is C19H23N3O2. The first kappa shape index (κ1) is 15.4. The number of aryl methyl sites for hydroxylation is 2. The Hall–Kier alpha value is -2.14. The van der Waals surface area contributed by atoms with E-state index in [1.807, 2.05) is 37.4 Å². The average Bonchev–Trinajstić information content (AvgIpc) is 2.58. The van der Waals surface area contributed by atoms with Gasteiger partial charge in [0.2, 0.25) is 0 Å². The van der Waals surface area contributed by atoms with E-state index in [1.54, 1.807) is 0 Å². The van der Waals surface area contributed by atoms with Crippen molar-refractivity contribution in [2.45, 2.75) is 44.8 Å². The van der Waals surface area contributed by atoms with Crippen LogP contribution in [0.1, 0.15) is 42.3 Å². The minimum atomic E-state index is -0.440. The predicted octanol–water partition coefficient (Wildman–Crippen LogP) is 2.95. The molecule has 24 heavy (non-hydrogen) atoms. The topological polar surface area (TPSA) is 58.5 Å². The largest absolute Gasteiger partial charge is 0.487 e. The molecule has 1 fully saturated rings. The Morgan fingerprint density at radius 2 is 1.96 bits per heavy atom. The number of para-hydroxylation sites is 1. The third kappa shape index (κ3) is 2.63. The van der Waals surface area contributed by atoms with E-state index in [1.165, 1.54) is 0 Å². The van der Waals surface area contributed by atoms with Crippen LogP contribution in [0.5, 0.6) is 5.75 Å². The zero-order valence-electron chi connectivity index (χ0n) is 14.2. The molecule has 1 saturated heterocycles. The van der Waals surface area contributed by atoms with Crippen molar-refractivity contribution in [3.8, 4) is 5.75 Å². The van der Waals surface area contributed by atoms with Gasteiger partial charge in [-0.15, -0.1) is 0 Å². The standard InChI is InChI=1S/C19H23N3O2/c1-13-12-20-14(2)21-18(13)22-9-7-19(8-10-22)11-16(23)15-5-3-4-6-17(15)24-19/h3-6,12,16,23H,7-11H2,1-2H3. The lowest BCUT2D eigenvalue weighted by molar-refractivity contribution is -0.0300. The molecule has 5 nitrogen and oxygen atoms in total. The van der Waals surface area contributed by atoms with Crippen molar-refractivity contribution in [2.24, 2.45) is 0 Å². The lowest BCUT2D eigenvalue weighted by Gasteiger charge is -2.46. The molecule has 0 radical (unpaired) electrons. The van der Waals surface area contributed by atoms with E-state index in [-0.39, 0.29) is 5.60 Å². The molecule has 4 rings (SSSR count). The molecule has 126 valence electrons. The van der Waals surface area contributed by atoms with Gasteiger partial charge < -0.3 is 14.7 Å². The highest BCUT2D eigenvalue weighted by atomic mass is 16.5. The van der Waals surface area contributed by atoms with Gasteiger partial charge in [-0.25, -0.2) is 9.97 Å². The van der Waals surface area contributed by atoms with Crippen molar-refractivity contribution in [3.05, 3.63) is 47.4 Å². The maximum absolute atomic E-state index is 10.5. The summed E-state index contributed by atoms with van der Waals surface area (Å²) >= 11 is 0. The Morgan fingerprint density at radius 3 is 2.75 bits per heavy atom. The van der Waals surface area contributed by atoms with Crippen LogP contribution in [0, 0.1) is 13.8 Å². The van der Waals surface area contributed by atoms with Gasteiger partial charge in [0.05, 0.1) is 6.10 Å². The highest BCUT2D eigenvalue weighted by Gasteiger charge is 2.43. The van der Waals surface area contributed by atoms with Crippen molar-refractivity contribution >= 4 is 5.82 Å². The fraction of sp³-hybridized carbons (Fsp3) is 0.474. The number of aliphatic hydroxyl groups excluding tert-OH is 1. The van der Waals surface area contributed by atoms with Gasteiger partial charge in [0.15, 0.2) is 0 Å². The monoisotopic (exact) mass is 325 g/mol. The number of rotatable bonds is 1. The highest BCUT2D eigenvalue weighted by molar-refractivity contribution is 5.46. The van der Waals surface area contributed by atoms with Crippen LogP contribution in [-0.4, -0.2) is 33.8 Å². The summed E-state index contributed by atoms with van der Waals surface area (Å²) in [5.41, 5.74) is 1.75. The second-order valence-corrected chi connectivity index (χ2v) is 6.95. The van der Waals surface area contributed by atoms with E-state index >= 15 is 0 Å². The van der Waals surface area contributed by atoms with E-state index in [2.05, 4.69) is 21.8 Å². The quantitative estimate of drug-likeness (QED) is 0.873. The lowest BCUT2D eigenvalue weighted by atomic mass is 9.81. The highest BCUT2D eigenvalue weighted by Crippen LogP contribution is 2.44. The van der Waals surface area contributed by atoms with Crippen molar-refractivity contribution in [1.82, 2.24) is 9.97 Å². The predicted molar refractivity (Wildman–Crippen MR) is 92.3 cm³/mol. The lowest BCUT2D eigenvalue weighted by Crippen LogP contribution is -2.50. The summed E-state index contributed by atoms with van der Waals surface area (Å²) in [7, 11) is 0. The molecule has 1 spiro atoms. The van der Waals surface area contributed by atoms with Crippen LogP contribution < -0.4 is 9.64 Å². The number of hydrogen-bond donors (Lipinski definition) is 1. The number of piperidine rings is 1. The maximum Gasteiger partial charge on any atom is 0.135 e. The fourth-order valence-electron chi connectivity index (χ4n) is 3.86. The van der Waals surface area contributed by atoms with E-state index < -0.39 is 6.10 Å². The Bertz CT molecular complexity index is 754. The Balaban J connectivity index is 1.53. The molecule has 2 aromatic rings. The second kappa shape index (κ2) is 5.74. The van der Waals surface area contributed by atoms with Crippen molar-refractivity contribution in [3.63, 3.8) is 0 Å². The molecular weight excluding hydrogens is 302 g/mol. The van der Waals surface area contributed by atoms with E-state index in [9.17, 15) is 5.11 Å². The van der Waals surface area contributed by atoms with Crippen LogP contribution in [0.3, 0.4) is 0 Å².